The van der Waals surface area contributed by atoms with E-state index in [4.69, 9.17) is 9.47 Å². The van der Waals surface area contributed by atoms with Gasteiger partial charge in [0, 0.05) is 36.9 Å². The van der Waals surface area contributed by atoms with Crippen molar-refractivity contribution in [2.75, 3.05) is 44.0 Å². The molecule has 1 aromatic carbocycles. The van der Waals surface area contributed by atoms with Crippen molar-refractivity contribution >= 4 is 28.5 Å². The SMILES string of the molecule is CN1CCCCOc2cc(ccc2OCCNc2ncc[nH]2)Nc2ncnc3[nH]cc(c23)C1. The first kappa shape index (κ1) is 21.1. The van der Waals surface area contributed by atoms with Crippen LogP contribution in [-0.4, -0.2) is 63.2 Å². The molecule has 0 unspecified atom stereocenters. The lowest BCUT2D eigenvalue weighted by atomic mass is 10.2. The highest BCUT2D eigenvalue weighted by atomic mass is 16.5. The fourth-order valence-corrected chi connectivity index (χ4v) is 3.93. The van der Waals surface area contributed by atoms with E-state index in [0.717, 1.165) is 54.4 Å². The number of aromatic amines is 2. The van der Waals surface area contributed by atoms with Crippen LogP contribution >= 0.6 is 0 Å². The molecular formula is C23H28N8O2. The van der Waals surface area contributed by atoms with Gasteiger partial charge in [0.05, 0.1) is 18.5 Å². The zero-order valence-corrected chi connectivity index (χ0v) is 18.6. The van der Waals surface area contributed by atoms with Crippen molar-refractivity contribution in [1.29, 1.82) is 0 Å². The van der Waals surface area contributed by atoms with Crippen LogP contribution in [0.15, 0.2) is 43.1 Å². The predicted molar refractivity (Wildman–Crippen MR) is 127 cm³/mol. The van der Waals surface area contributed by atoms with Crippen LogP contribution in [0.25, 0.3) is 11.0 Å². The van der Waals surface area contributed by atoms with Gasteiger partial charge in [-0.1, -0.05) is 0 Å². The maximum atomic E-state index is 6.13. The van der Waals surface area contributed by atoms with Gasteiger partial charge in [-0.15, -0.1) is 0 Å². The number of ether oxygens (including phenoxy) is 2. The molecule has 4 aromatic rings. The minimum Gasteiger partial charge on any atom is -0.490 e. The zero-order valence-electron chi connectivity index (χ0n) is 18.6. The minimum absolute atomic E-state index is 0.480. The Labute approximate surface area is 191 Å². The van der Waals surface area contributed by atoms with E-state index >= 15 is 0 Å². The van der Waals surface area contributed by atoms with Crippen LogP contribution < -0.4 is 20.1 Å². The van der Waals surface area contributed by atoms with Crippen LogP contribution in [0.1, 0.15) is 18.4 Å². The van der Waals surface area contributed by atoms with Crippen molar-refractivity contribution < 1.29 is 9.47 Å². The van der Waals surface area contributed by atoms with Gasteiger partial charge >= 0.3 is 0 Å². The summed E-state index contributed by atoms with van der Waals surface area (Å²) < 4.78 is 12.1. The Morgan fingerprint density at radius 2 is 2.15 bits per heavy atom. The lowest BCUT2D eigenvalue weighted by Crippen LogP contribution is -2.19. The Balaban J connectivity index is 1.37. The number of anilines is 3. The van der Waals surface area contributed by atoms with Crippen LogP contribution in [0.3, 0.4) is 0 Å². The quantitative estimate of drug-likeness (QED) is 0.343. The van der Waals surface area contributed by atoms with Gasteiger partial charge in [0.2, 0.25) is 0 Å². The Bertz CT molecular complexity index is 1190. The Morgan fingerprint density at radius 1 is 1.18 bits per heavy atom. The van der Waals surface area contributed by atoms with Crippen LogP contribution in [0.2, 0.25) is 0 Å². The van der Waals surface area contributed by atoms with Gasteiger partial charge in [0.1, 0.15) is 24.4 Å². The number of benzene rings is 1. The van der Waals surface area contributed by atoms with Gasteiger partial charge in [-0.25, -0.2) is 15.0 Å². The average molecular weight is 449 g/mol. The van der Waals surface area contributed by atoms with E-state index in [1.807, 2.05) is 24.4 Å². The molecule has 4 heterocycles. The van der Waals surface area contributed by atoms with Gasteiger partial charge in [-0.05, 0) is 44.1 Å². The average Bonchev–Trinajstić information content (AvgIpc) is 3.48. The van der Waals surface area contributed by atoms with Crippen molar-refractivity contribution in [3.63, 3.8) is 0 Å². The monoisotopic (exact) mass is 448 g/mol. The van der Waals surface area contributed by atoms with Crippen LogP contribution in [0.5, 0.6) is 11.5 Å². The molecule has 1 aliphatic rings. The highest BCUT2D eigenvalue weighted by Gasteiger charge is 2.15. The molecule has 1 aliphatic heterocycles. The summed E-state index contributed by atoms with van der Waals surface area (Å²) in [5, 5.41) is 7.63. The molecule has 4 N–H and O–H groups in total. The van der Waals surface area contributed by atoms with E-state index in [1.165, 1.54) is 5.56 Å². The number of nitrogens with zero attached hydrogens (tertiary/aromatic N) is 4. The molecule has 33 heavy (non-hydrogen) atoms. The molecular weight excluding hydrogens is 420 g/mol. The first-order valence-corrected chi connectivity index (χ1v) is 11.2. The van der Waals surface area contributed by atoms with Gasteiger partial charge < -0.3 is 35.0 Å². The third-order valence-corrected chi connectivity index (χ3v) is 5.54. The first-order chi connectivity index (χ1) is 16.3. The molecule has 0 aliphatic carbocycles. The summed E-state index contributed by atoms with van der Waals surface area (Å²) in [6.45, 7) is 3.54. The molecule has 5 rings (SSSR count). The third kappa shape index (κ3) is 5.01. The fourth-order valence-electron chi connectivity index (χ4n) is 3.93. The van der Waals surface area contributed by atoms with Crippen LogP contribution in [-0.2, 0) is 6.54 Å². The molecule has 0 radical (unpaired) electrons. The smallest absolute Gasteiger partial charge is 0.200 e. The molecule has 172 valence electrons. The molecule has 2 bridgehead atoms. The fraction of sp³-hybridized carbons (Fsp3) is 0.348. The summed E-state index contributed by atoms with van der Waals surface area (Å²) in [5.41, 5.74) is 2.88. The summed E-state index contributed by atoms with van der Waals surface area (Å²) in [7, 11) is 2.13. The number of nitrogens with one attached hydrogen (secondary N) is 4. The van der Waals surface area contributed by atoms with Crippen LogP contribution in [0, 0.1) is 0 Å². The van der Waals surface area contributed by atoms with Crippen LogP contribution in [0.4, 0.5) is 17.5 Å². The summed E-state index contributed by atoms with van der Waals surface area (Å²) in [6.07, 6.45) is 9.08. The van der Waals surface area contributed by atoms with E-state index < -0.39 is 0 Å². The number of imidazole rings is 1. The summed E-state index contributed by atoms with van der Waals surface area (Å²) in [4.78, 5) is 21.7. The van der Waals surface area contributed by atoms with Crippen molar-refractivity contribution in [2.24, 2.45) is 0 Å². The Kier molecular flexibility index (Phi) is 6.25. The van der Waals surface area contributed by atoms with Gasteiger partial charge in [-0.3, -0.25) is 0 Å². The second kappa shape index (κ2) is 9.78. The Hall–Kier alpha value is -3.79. The molecule has 0 spiro atoms. The second-order valence-electron chi connectivity index (χ2n) is 8.05. The molecule has 10 nitrogen and oxygen atoms in total. The number of aromatic nitrogens is 5. The number of hydrogen-bond acceptors (Lipinski definition) is 8. The lowest BCUT2D eigenvalue weighted by molar-refractivity contribution is 0.257. The second-order valence-corrected chi connectivity index (χ2v) is 8.05. The number of H-pyrrole nitrogens is 2. The van der Waals surface area contributed by atoms with Crippen molar-refractivity contribution in [2.45, 2.75) is 19.4 Å². The van der Waals surface area contributed by atoms with Crippen molar-refractivity contribution in [3.8, 4) is 11.5 Å². The molecule has 0 saturated heterocycles. The molecule has 0 fully saturated rings. The van der Waals surface area contributed by atoms with Gasteiger partial charge in [-0.2, -0.15) is 0 Å². The molecule has 0 atom stereocenters. The van der Waals surface area contributed by atoms with E-state index in [-0.39, 0.29) is 0 Å². The van der Waals surface area contributed by atoms with E-state index in [2.05, 4.69) is 47.5 Å². The minimum atomic E-state index is 0.480. The van der Waals surface area contributed by atoms with Gasteiger partial charge in [0.25, 0.3) is 0 Å². The van der Waals surface area contributed by atoms with Gasteiger partial charge in [0.15, 0.2) is 17.4 Å². The highest BCUT2D eigenvalue weighted by molar-refractivity contribution is 5.92. The number of rotatable bonds is 5. The first-order valence-electron chi connectivity index (χ1n) is 11.2. The number of hydrogen-bond donors (Lipinski definition) is 4. The summed E-state index contributed by atoms with van der Waals surface area (Å²) in [6, 6.07) is 5.87. The maximum absolute atomic E-state index is 6.13. The number of fused-ring (bicyclic) bond motifs is 2. The highest BCUT2D eigenvalue weighted by Crippen LogP contribution is 2.34. The summed E-state index contributed by atoms with van der Waals surface area (Å²) in [5.74, 6) is 2.91. The Morgan fingerprint density at radius 3 is 3.06 bits per heavy atom. The lowest BCUT2D eigenvalue weighted by Gasteiger charge is -2.19. The standard InChI is InChI=1S/C23H28N8O2/c1-31-9-2-3-10-32-19-12-17(4-5-18(19)33-11-8-26-23-24-6-7-25-23)30-22-20-16(14-31)13-27-21(20)28-15-29-22/h4-7,12-13,15H,2-3,8-11,14H2,1H3,(H2,24,25,26)(H2,27,28,29,30). The zero-order chi connectivity index (χ0) is 22.5. The molecule has 0 amide bonds. The van der Waals surface area contributed by atoms with Crippen molar-refractivity contribution in [3.05, 3.63) is 48.7 Å². The summed E-state index contributed by atoms with van der Waals surface area (Å²) >= 11 is 0. The van der Waals surface area contributed by atoms with E-state index in [0.29, 0.717) is 31.3 Å². The van der Waals surface area contributed by atoms with E-state index in [1.54, 1.807) is 18.7 Å². The van der Waals surface area contributed by atoms with E-state index in [9.17, 15) is 0 Å². The molecule has 0 saturated carbocycles. The normalized spacial score (nSPS) is 14.8. The molecule has 10 heteroatoms. The molecule has 3 aromatic heterocycles. The maximum Gasteiger partial charge on any atom is 0.200 e. The third-order valence-electron chi connectivity index (χ3n) is 5.54. The predicted octanol–water partition coefficient (Wildman–Crippen LogP) is 3.52. The largest absolute Gasteiger partial charge is 0.490 e. The topological polar surface area (TPSA) is 116 Å². The van der Waals surface area contributed by atoms with Crippen molar-refractivity contribution in [1.82, 2.24) is 29.8 Å².